The van der Waals surface area contributed by atoms with Crippen molar-refractivity contribution in [3.63, 3.8) is 0 Å². The number of carbonyl (C=O) groups is 2. The molecule has 11 heteroatoms. The number of ketones is 1. The second-order valence-corrected chi connectivity index (χ2v) is 5.88. The number of rotatable bonds is 3. The van der Waals surface area contributed by atoms with Gasteiger partial charge in [0.15, 0.2) is 5.78 Å². The summed E-state index contributed by atoms with van der Waals surface area (Å²) in [5.41, 5.74) is -6.43. The Morgan fingerprint density at radius 3 is 2.33 bits per heavy atom. The molecule has 7 nitrogen and oxygen atoms in total. The van der Waals surface area contributed by atoms with Gasteiger partial charge in [-0.2, -0.15) is 21.6 Å². The molecule has 0 heterocycles. The maximum Gasteiger partial charge on any atom is 0.516 e. The molecular weight excluding hydrogens is 317 g/mol. The highest BCUT2D eigenvalue weighted by Gasteiger charge is 2.47. The average Bonchev–Trinajstić information content (AvgIpc) is 2.30. The highest BCUT2D eigenvalue weighted by atomic mass is 32.2. The van der Waals surface area contributed by atoms with E-state index in [-0.39, 0.29) is 11.3 Å². The minimum Gasteiger partial charge on any atom is -0.465 e. The van der Waals surface area contributed by atoms with E-state index in [0.717, 1.165) is 6.08 Å². The lowest BCUT2D eigenvalue weighted by Crippen LogP contribution is -2.40. The summed E-state index contributed by atoms with van der Waals surface area (Å²) in [4.78, 5) is 22.4. The standard InChI is InChI=1S/C10H11F3N2O5S/c1-4-6(14-9(17)18)3-7(5(2)8(4)16)15-21(19,20)10(11,12)13/h3,5,14-15H,1-2H3,(H,17,18). The van der Waals surface area contributed by atoms with Gasteiger partial charge in [-0.05, 0) is 19.9 Å². The summed E-state index contributed by atoms with van der Waals surface area (Å²) in [6.45, 7) is 2.48. The Balaban J connectivity index is 3.23. The van der Waals surface area contributed by atoms with Gasteiger partial charge in [-0.15, -0.1) is 0 Å². The zero-order chi connectivity index (χ0) is 16.6. The second-order valence-electron chi connectivity index (χ2n) is 4.21. The number of hydrogen-bond donors (Lipinski definition) is 3. The molecular formula is C10H11F3N2O5S. The fourth-order valence-electron chi connectivity index (χ4n) is 1.56. The Morgan fingerprint density at radius 2 is 1.90 bits per heavy atom. The molecule has 0 bridgehead atoms. The van der Waals surface area contributed by atoms with Gasteiger partial charge in [-0.25, -0.2) is 4.79 Å². The van der Waals surface area contributed by atoms with Crippen LogP contribution in [0.4, 0.5) is 18.0 Å². The maximum absolute atomic E-state index is 12.3. The molecule has 0 aromatic heterocycles. The molecule has 1 rings (SSSR count). The minimum absolute atomic E-state index is 0.0279. The van der Waals surface area contributed by atoms with Gasteiger partial charge in [0.2, 0.25) is 0 Å². The zero-order valence-corrected chi connectivity index (χ0v) is 11.6. The van der Waals surface area contributed by atoms with Crippen LogP contribution in [0.5, 0.6) is 0 Å². The Morgan fingerprint density at radius 1 is 1.38 bits per heavy atom. The zero-order valence-electron chi connectivity index (χ0n) is 10.8. The van der Waals surface area contributed by atoms with Crippen molar-refractivity contribution in [3.8, 4) is 0 Å². The molecule has 0 spiro atoms. The van der Waals surface area contributed by atoms with Gasteiger partial charge in [0.25, 0.3) is 0 Å². The van der Waals surface area contributed by atoms with Crippen molar-refractivity contribution in [2.75, 3.05) is 0 Å². The number of amides is 1. The molecule has 1 aliphatic rings. The van der Waals surface area contributed by atoms with Crippen LogP contribution in [0.1, 0.15) is 13.8 Å². The second kappa shape index (κ2) is 5.39. The Kier molecular flexibility index (Phi) is 4.37. The van der Waals surface area contributed by atoms with Gasteiger partial charge in [0.1, 0.15) is 0 Å². The number of alkyl halides is 3. The first-order chi connectivity index (χ1) is 9.36. The number of halogens is 3. The van der Waals surface area contributed by atoms with E-state index in [2.05, 4.69) is 0 Å². The molecule has 0 fully saturated rings. The largest absolute Gasteiger partial charge is 0.516 e. The molecule has 0 aromatic rings. The fraction of sp³-hybridized carbons (Fsp3) is 0.400. The van der Waals surface area contributed by atoms with Crippen molar-refractivity contribution in [3.05, 3.63) is 23.0 Å². The van der Waals surface area contributed by atoms with E-state index in [4.69, 9.17) is 5.11 Å². The molecule has 0 radical (unpaired) electrons. The van der Waals surface area contributed by atoms with Crippen LogP contribution in [0.15, 0.2) is 23.0 Å². The van der Waals surface area contributed by atoms with Crippen LogP contribution in [0, 0.1) is 5.92 Å². The Bertz CT molecular complexity index is 648. The van der Waals surface area contributed by atoms with Gasteiger partial charge < -0.3 is 5.11 Å². The van der Waals surface area contributed by atoms with E-state index in [0.29, 0.717) is 0 Å². The van der Waals surface area contributed by atoms with Gasteiger partial charge >= 0.3 is 21.6 Å². The molecule has 3 N–H and O–H groups in total. The van der Waals surface area contributed by atoms with Crippen molar-refractivity contribution in [2.24, 2.45) is 5.92 Å². The van der Waals surface area contributed by atoms with Gasteiger partial charge in [-0.1, -0.05) is 0 Å². The molecule has 0 aromatic carbocycles. The van der Waals surface area contributed by atoms with E-state index in [9.17, 15) is 31.2 Å². The molecule has 0 saturated heterocycles. The van der Waals surface area contributed by atoms with Crippen molar-refractivity contribution in [2.45, 2.75) is 19.4 Å². The van der Waals surface area contributed by atoms with Crippen LogP contribution in [0.25, 0.3) is 0 Å². The molecule has 118 valence electrons. The highest BCUT2D eigenvalue weighted by molar-refractivity contribution is 7.90. The third kappa shape index (κ3) is 3.54. The normalized spacial score (nSPS) is 20.1. The first-order valence-electron chi connectivity index (χ1n) is 5.42. The number of carboxylic acid groups (broad SMARTS) is 1. The summed E-state index contributed by atoms with van der Waals surface area (Å²) in [6.07, 6.45) is -0.695. The number of sulfonamides is 1. The van der Waals surface area contributed by atoms with Crippen molar-refractivity contribution >= 4 is 21.9 Å². The number of carbonyl (C=O) groups excluding carboxylic acids is 1. The molecule has 1 aliphatic carbocycles. The van der Waals surface area contributed by atoms with Crippen LogP contribution in [-0.2, 0) is 14.8 Å². The average molecular weight is 328 g/mol. The first-order valence-corrected chi connectivity index (χ1v) is 6.91. The summed E-state index contributed by atoms with van der Waals surface area (Å²) in [5.74, 6) is -1.87. The topological polar surface area (TPSA) is 113 Å². The predicted octanol–water partition coefficient (Wildman–Crippen LogP) is 1.07. The van der Waals surface area contributed by atoms with E-state index in [1.54, 1.807) is 0 Å². The lowest BCUT2D eigenvalue weighted by Gasteiger charge is -2.24. The lowest BCUT2D eigenvalue weighted by molar-refractivity contribution is -0.118. The molecule has 21 heavy (non-hydrogen) atoms. The third-order valence-corrected chi connectivity index (χ3v) is 3.85. The Hall–Kier alpha value is -2.04. The quantitative estimate of drug-likeness (QED) is 0.717. The minimum atomic E-state index is -5.69. The van der Waals surface area contributed by atoms with E-state index < -0.39 is 39.0 Å². The smallest absolute Gasteiger partial charge is 0.465 e. The monoisotopic (exact) mass is 328 g/mol. The molecule has 0 saturated carbocycles. The number of nitrogens with one attached hydrogen (secondary N) is 2. The van der Waals surface area contributed by atoms with E-state index >= 15 is 0 Å². The molecule has 1 amide bonds. The summed E-state index contributed by atoms with van der Waals surface area (Å²) in [7, 11) is -5.69. The predicted molar refractivity (Wildman–Crippen MR) is 64.2 cm³/mol. The highest BCUT2D eigenvalue weighted by Crippen LogP contribution is 2.28. The SMILES string of the molecule is CC1=C(NC(=O)O)C=C(NS(=O)(=O)C(F)(F)F)C(C)C1=O. The van der Waals surface area contributed by atoms with Gasteiger partial charge in [-0.3, -0.25) is 14.8 Å². The number of hydrogen-bond acceptors (Lipinski definition) is 4. The number of Topliss-reactive ketones (excluding diaryl/α,β-unsaturated/α-hetero) is 1. The summed E-state index contributed by atoms with van der Waals surface area (Å²) in [6, 6.07) is 0. The molecule has 1 unspecified atom stereocenters. The fourth-order valence-corrected chi connectivity index (χ4v) is 2.23. The van der Waals surface area contributed by atoms with Crippen LogP contribution < -0.4 is 10.0 Å². The molecule has 1 atom stereocenters. The van der Waals surface area contributed by atoms with Gasteiger partial charge in [0, 0.05) is 11.3 Å². The van der Waals surface area contributed by atoms with E-state index in [1.807, 2.05) is 5.32 Å². The van der Waals surface area contributed by atoms with Crippen LogP contribution in [0.2, 0.25) is 0 Å². The van der Waals surface area contributed by atoms with E-state index in [1.165, 1.54) is 18.6 Å². The maximum atomic E-state index is 12.3. The molecule has 0 aliphatic heterocycles. The van der Waals surface area contributed by atoms with Crippen molar-refractivity contribution < 1.29 is 36.3 Å². The van der Waals surface area contributed by atoms with Crippen molar-refractivity contribution in [1.82, 2.24) is 10.0 Å². The van der Waals surface area contributed by atoms with Crippen LogP contribution >= 0.6 is 0 Å². The summed E-state index contributed by atoms with van der Waals surface area (Å²) in [5, 5.41) is 10.4. The first kappa shape index (κ1) is 17.0. The third-order valence-electron chi connectivity index (χ3n) is 2.73. The van der Waals surface area contributed by atoms with Crippen molar-refractivity contribution in [1.29, 1.82) is 0 Å². The van der Waals surface area contributed by atoms with Gasteiger partial charge in [0.05, 0.1) is 11.6 Å². The Labute approximate surface area is 117 Å². The lowest BCUT2D eigenvalue weighted by atomic mass is 9.90. The van der Waals surface area contributed by atoms with Crippen LogP contribution in [0.3, 0.4) is 0 Å². The summed E-state index contributed by atoms with van der Waals surface area (Å²) < 4.78 is 60.3. The summed E-state index contributed by atoms with van der Waals surface area (Å²) >= 11 is 0. The number of allylic oxidation sites excluding steroid dienone is 3. The van der Waals surface area contributed by atoms with Crippen LogP contribution in [-0.4, -0.2) is 30.9 Å².